The Kier molecular flexibility index (Phi) is 3.00. The summed E-state index contributed by atoms with van der Waals surface area (Å²) in [7, 11) is 0. The predicted octanol–water partition coefficient (Wildman–Crippen LogP) is 5.91. The van der Waals surface area contributed by atoms with E-state index in [1.54, 1.807) is 11.3 Å². The highest BCUT2D eigenvalue weighted by Crippen LogP contribution is 2.34. The van der Waals surface area contributed by atoms with Crippen LogP contribution in [0, 0.1) is 0 Å². The van der Waals surface area contributed by atoms with E-state index in [0.29, 0.717) is 0 Å². The molecule has 5 rings (SSSR count). The zero-order valence-electron chi connectivity index (χ0n) is 12.9. The summed E-state index contributed by atoms with van der Waals surface area (Å²) in [5, 5.41) is 5.62. The first-order valence-electron chi connectivity index (χ1n) is 7.90. The van der Waals surface area contributed by atoms with Crippen molar-refractivity contribution in [3.63, 3.8) is 0 Å². The van der Waals surface area contributed by atoms with E-state index in [1.807, 2.05) is 11.6 Å². The third-order valence-electron chi connectivity index (χ3n) is 4.37. The van der Waals surface area contributed by atoms with Gasteiger partial charge in [0, 0.05) is 33.6 Å². The van der Waals surface area contributed by atoms with Gasteiger partial charge in [0.2, 0.25) is 0 Å². The van der Waals surface area contributed by atoms with Crippen LogP contribution in [0.2, 0.25) is 0 Å². The fourth-order valence-corrected chi connectivity index (χ4v) is 3.96. The first-order chi connectivity index (χ1) is 11.9. The first kappa shape index (κ1) is 13.5. The summed E-state index contributed by atoms with van der Waals surface area (Å²) < 4.78 is 2.33. The molecule has 0 spiro atoms. The Hall–Kier alpha value is -2.91. The van der Waals surface area contributed by atoms with Gasteiger partial charge in [0.25, 0.3) is 0 Å². The van der Waals surface area contributed by atoms with Gasteiger partial charge in [-0.15, -0.1) is 11.3 Å². The second-order valence-corrected chi connectivity index (χ2v) is 6.65. The molecular weight excluding hydrogens is 312 g/mol. The molecule has 0 saturated heterocycles. The molecule has 0 saturated carbocycles. The maximum Gasteiger partial charge on any atom is 0.123 e. The fraction of sp³-hybridized carbons (Fsp3) is 0. The van der Waals surface area contributed by atoms with Gasteiger partial charge in [0.15, 0.2) is 0 Å². The van der Waals surface area contributed by atoms with Crippen molar-refractivity contribution in [2.24, 2.45) is 0 Å². The quantitative estimate of drug-likeness (QED) is 0.394. The lowest BCUT2D eigenvalue weighted by Gasteiger charge is -2.07. The van der Waals surface area contributed by atoms with Crippen LogP contribution < -0.4 is 0 Å². The standard InChI is InChI=1S/C21H14N2S/c1-2-6-16(7-3-1)23-19-9-5-4-8-17(19)18-14-15(10-11-20(18)23)21-22-12-13-24-21/h1-14H. The number of rotatable bonds is 2. The second kappa shape index (κ2) is 5.32. The minimum absolute atomic E-state index is 1.06. The monoisotopic (exact) mass is 326 g/mol. The van der Waals surface area contributed by atoms with Crippen LogP contribution in [-0.4, -0.2) is 9.55 Å². The van der Waals surface area contributed by atoms with Crippen LogP contribution in [0.15, 0.2) is 84.4 Å². The molecule has 3 heteroatoms. The number of aromatic nitrogens is 2. The van der Waals surface area contributed by atoms with Crippen LogP contribution in [0.4, 0.5) is 0 Å². The van der Waals surface area contributed by atoms with E-state index in [1.165, 1.54) is 33.1 Å². The Balaban J connectivity index is 1.89. The van der Waals surface area contributed by atoms with Gasteiger partial charge in [0.1, 0.15) is 5.01 Å². The molecule has 5 aromatic rings. The molecule has 24 heavy (non-hydrogen) atoms. The van der Waals surface area contributed by atoms with Crippen molar-refractivity contribution in [2.45, 2.75) is 0 Å². The molecular formula is C21H14N2S. The SMILES string of the molecule is c1ccc(-n2c3ccccc3c3cc(-c4nccs4)ccc32)cc1. The average molecular weight is 326 g/mol. The summed E-state index contributed by atoms with van der Waals surface area (Å²) in [6.45, 7) is 0. The summed E-state index contributed by atoms with van der Waals surface area (Å²) >= 11 is 1.68. The summed E-state index contributed by atoms with van der Waals surface area (Å²) in [6, 6.07) is 25.7. The molecule has 3 aromatic carbocycles. The zero-order chi connectivity index (χ0) is 15.9. The van der Waals surface area contributed by atoms with Gasteiger partial charge in [-0.05, 0) is 36.4 Å². The molecule has 0 unspecified atom stereocenters. The number of fused-ring (bicyclic) bond motifs is 3. The highest BCUT2D eigenvalue weighted by Gasteiger charge is 2.13. The number of para-hydroxylation sites is 2. The van der Waals surface area contributed by atoms with Crippen LogP contribution in [-0.2, 0) is 0 Å². The summed E-state index contributed by atoms with van der Waals surface area (Å²) in [5.41, 5.74) is 4.82. The van der Waals surface area contributed by atoms with E-state index in [0.717, 1.165) is 5.01 Å². The molecule has 0 N–H and O–H groups in total. The smallest absolute Gasteiger partial charge is 0.123 e. The lowest BCUT2D eigenvalue weighted by atomic mass is 10.1. The van der Waals surface area contributed by atoms with Gasteiger partial charge in [-0.25, -0.2) is 4.98 Å². The molecule has 0 amide bonds. The Bertz CT molecular complexity index is 1140. The van der Waals surface area contributed by atoms with Crippen molar-refractivity contribution in [3.05, 3.63) is 84.4 Å². The van der Waals surface area contributed by atoms with Gasteiger partial charge in [-0.3, -0.25) is 0 Å². The number of thiazole rings is 1. The maximum absolute atomic E-state index is 4.45. The third-order valence-corrected chi connectivity index (χ3v) is 5.19. The van der Waals surface area contributed by atoms with E-state index in [9.17, 15) is 0 Å². The maximum atomic E-state index is 4.45. The normalized spacial score (nSPS) is 11.3. The predicted molar refractivity (Wildman–Crippen MR) is 102 cm³/mol. The van der Waals surface area contributed by atoms with Crippen molar-refractivity contribution in [1.29, 1.82) is 0 Å². The topological polar surface area (TPSA) is 17.8 Å². The average Bonchev–Trinajstić information content (AvgIpc) is 3.28. The number of nitrogens with zero attached hydrogens (tertiary/aromatic N) is 2. The molecule has 0 aliphatic rings. The summed E-state index contributed by atoms with van der Waals surface area (Å²) in [4.78, 5) is 4.45. The molecule has 0 aliphatic carbocycles. The van der Waals surface area contributed by atoms with Crippen molar-refractivity contribution in [2.75, 3.05) is 0 Å². The Morgan fingerprint density at radius 1 is 0.750 bits per heavy atom. The Morgan fingerprint density at radius 2 is 1.54 bits per heavy atom. The molecule has 0 fully saturated rings. The van der Waals surface area contributed by atoms with Gasteiger partial charge in [-0.2, -0.15) is 0 Å². The van der Waals surface area contributed by atoms with E-state index < -0.39 is 0 Å². The largest absolute Gasteiger partial charge is 0.309 e. The number of hydrogen-bond acceptors (Lipinski definition) is 2. The highest BCUT2D eigenvalue weighted by atomic mass is 32.1. The molecule has 2 heterocycles. The van der Waals surface area contributed by atoms with Crippen molar-refractivity contribution < 1.29 is 0 Å². The van der Waals surface area contributed by atoms with Crippen molar-refractivity contribution >= 4 is 33.1 Å². The summed E-state index contributed by atoms with van der Waals surface area (Å²) in [6.07, 6.45) is 1.86. The fourth-order valence-electron chi connectivity index (χ4n) is 3.33. The van der Waals surface area contributed by atoms with E-state index in [-0.39, 0.29) is 0 Å². The molecule has 2 nitrogen and oxygen atoms in total. The Morgan fingerprint density at radius 3 is 2.38 bits per heavy atom. The molecule has 0 bridgehead atoms. The van der Waals surface area contributed by atoms with E-state index in [4.69, 9.17) is 0 Å². The van der Waals surface area contributed by atoms with Gasteiger partial charge in [-0.1, -0.05) is 36.4 Å². The minimum Gasteiger partial charge on any atom is -0.309 e. The summed E-state index contributed by atoms with van der Waals surface area (Å²) in [5.74, 6) is 0. The minimum atomic E-state index is 1.06. The van der Waals surface area contributed by atoms with Crippen molar-refractivity contribution in [3.8, 4) is 16.3 Å². The highest BCUT2D eigenvalue weighted by molar-refractivity contribution is 7.13. The van der Waals surface area contributed by atoms with Gasteiger partial charge < -0.3 is 4.57 Å². The first-order valence-corrected chi connectivity index (χ1v) is 8.78. The molecule has 0 radical (unpaired) electrons. The zero-order valence-corrected chi connectivity index (χ0v) is 13.7. The van der Waals surface area contributed by atoms with Crippen LogP contribution in [0.1, 0.15) is 0 Å². The lowest BCUT2D eigenvalue weighted by molar-refractivity contribution is 1.18. The Labute approximate surface area is 143 Å². The third kappa shape index (κ3) is 1.99. The number of benzene rings is 3. The van der Waals surface area contributed by atoms with Crippen LogP contribution in [0.25, 0.3) is 38.1 Å². The molecule has 0 atom stereocenters. The van der Waals surface area contributed by atoms with E-state index >= 15 is 0 Å². The molecule has 0 aliphatic heterocycles. The van der Waals surface area contributed by atoms with Crippen LogP contribution in [0.3, 0.4) is 0 Å². The second-order valence-electron chi connectivity index (χ2n) is 5.76. The molecule has 2 aromatic heterocycles. The lowest BCUT2D eigenvalue weighted by Crippen LogP contribution is -1.92. The van der Waals surface area contributed by atoms with Crippen LogP contribution >= 0.6 is 11.3 Å². The van der Waals surface area contributed by atoms with Gasteiger partial charge >= 0.3 is 0 Å². The van der Waals surface area contributed by atoms with E-state index in [2.05, 4.69) is 82.3 Å². The molecule has 114 valence electrons. The van der Waals surface area contributed by atoms with Gasteiger partial charge in [0.05, 0.1) is 11.0 Å². The van der Waals surface area contributed by atoms with Crippen LogP contribution in [0.5, 0.6) is 0 Å². The van der Waals surface area contributed by atoms with Crippen molar-refractivity contribution in [1.82, 2.24) is 9.55 Å². The number of hydrogen-bond donors (Lipinski definition) is 0.